The molecule has 0 saturated heterocycles. The quantitative estimate of drug-likeness (QED) is 0.0936. The van der Waals surface area contributed by atoms with Crippen LogP contribution < -0.4 is 0 Å². The molecule has 0 rings (SSSR count). The Morgan fingerprint density at radius 2 is 0.768 bits per heavy atom. The van der Waals surface area contributed by atoms with Gasteiger partial charge in [-0.3, -0.25) is 4.79 Å². The van der Waals surface area contributed by atoms with Crippen molar-refractivity contribution in [1.29, 1.82) is 0 Å². The summed E-state index contributed by atoms with van der Waals surface area (Å²) in [6.07, 6.45) is -11.2. The Balaban J connectivity index is 7.47. The molecule has 0 aliphatic carbocycles. The van der Waals surface area contributed by atoms with E-state index < -0.39 is 140 Å². The number of likely N-dealkylation sites (N-methyl/N-ethyl adjacent to an activating group) is 1. The van der Waals surface area contributed by atoms with Gasteiger partial charge in [0, 0.05) is 19.5 Å². The SMILES string of the molecule is C[N+](C)(CCCN(CCC(=O)O)S(=O)(=O)C(F)(F)C(F)(F)C(F)(F)C(F)(F)C(F)(F)C(F)(F)C(F)(F)C(F)(F)C(F)(F)C(F)(F)C(F)(F)C(F)(F)F)CC(=O)O. The third kappa shape index (κ3) is 7.80. The number of nitrogens with zero attached hydrogens (tertiary/aromatic N) is 2. The van der Waals surface area contributed by atoms with E-state index in [1.54, 1.807) is 0 Å². The summed E-state index contributed by atoms with van der Waals surface area (Å²) in [5, 5.41) is 9.23. The van der Waals surface area contributed by atoms with Gasteiger partial charge in [0.2, 0.25) is 0 Å². The van der Waals surface area contributed by atoms with Crippen LogP contribution >= 0.6 is 0 Å². The highest BCUT2D eigenvalue weighted by atomic mass is 32.2. The van der Waals surface area contributed by atoms with Crippen molar-refractivity contribution in [2.24, 2.45) is 0 Å². The molecule has 0 bridgehead atoms. The van der Waals surface area contributed by atoms with E-state index in [0.717, 1.165) is 14.1 Å². The minimum absolute atomic E-state index is 0.777. The van der Waals surface area contributed by atoms with Crippen molar-refractivity contribution in [3.05, 3.63) is 0 Å². The highest BCUT2D eigenvalue weighted by molar-refractivity contribution is 7.90. The first kappa shape index (κ1) is 53.1. The summed E-state index contributed by atoms with van der Waals surface area (Å²) in [7, 11) is -6.09. The fraction of sp³-hybridized carbons (Fsp3) is 0.909. The zero-order chi connectivity index (χ0) is 46.0. The molecule has 0 saturated carbocycles. The first-order chi connectivity index (χ1) is 23.9. The molecule has 0 aromatic carbocycles. The number of carboxylic acids is 2. The molecule has 34 heteroatoms. The largest absolute Gasteiger partial charge is 0.481 e. The van der Waals surface area contributed by atoms with Crippen molar-refractivity contribution in [2.45, 2.75) is 83.5 Å². The second kappa shape index (κ2) is 14.7. The number of halogens is 25. The van der Waals surface area contributed by atoms with Gasteiger partial charge in [-0.1, -0.05) is 0 Å². The van der Waals surface area contributed by atoms with Crippen LogP contribution in [0.5, 0.6) is 0 Å². The Hall–Kier alpha value is -2.94. The smallest absolute Gasteiger partial charge is 0.460 e. The molecule has 0 radical (unpaired) electrons. The summed E-state index contributed by atoms with van der Waals surface area (Å²) in [5.41, 5.74) is 0. The number of carboxylic acid groups (broad SMARTS) is 2. The molecule has 0 fully saturated rings. The third-order valence-electron chi connectivity index (χ3n) is 7.24. The molecule has 0 spiro atoms. The van der Waals surface area contributed by atoms with E-state index >= 15 is 0 Å². The molecule has 0 heterocycles. The van der Waals surface area contributed by atoms with Crippen LogP contribution in [0.15, 0.2) is 0 Å². The molecule has 0 amide bonds. The number of alkyl halides is 25. The molecule has 334 valence electrons. The first-order valence-corrected chi connectivity index (χ1v) is 14.9. The van der Waals surface area contributed by atoms with Gasteiger partial charge in [0.15, 0.2) is 6.54 Å². The predicted molar refractivity (Wildman–Crippen MR) is 127 cm³/mol. The second-order valence-corrected chi connectivity index (χ2v) is 13.9. The molecule has 2 N–H and O–H groups in total. The Morgan fingerprint density at radius 1 is 0.482 bits per heavy atom. The Morgan fingerprint density at radius 3 is 1.04 bits per heavy atom. The molecule has 0 unspecified atom stereocenters. The van der Waals surface area contributed by atoms with Gasteiger partial charge in [0.1, 0.15) is 0 Å². The summed E-state index contributed by atoms with van der Waals surface area (Å²) in [6, 6.07) is 0. The van der Waals surface area contributed by atoms with Crippen molar-refractivity contribution in [3.8, 4) is 0 Å². The summed E-state index contributed by atoms with van der Waals surface area (Å²) < 4.78 is 366. The maximum atomic E-state index is 14.7. The van der Waals surface area contributed by atoms with Crippen LogP contribution in [0.3, 0.4) is 0 Å². The lowest BCUT2D eigenvalue weighted by molar-refractivity contribution is -0.883. The third-order valence-corrected chi connectivity index (χ3v) is 9.19. The van der Waals surface area contributed by atoms with Gasteiger partial charge in [0.05, 0.1) is 27.1 Å². The fourth-order valence-electron chi connectivity index (χ4n) is 3.96. The number of sulfonamides is 1. The Labute approximate surface area is 293 Å². The van der Waals surface area contributed by atoms with E-state index in [-0.39, 0.29) is 0 Å². The van der Waals surface area contributed by atoms with E-state index in [1.807, 2.05) is 0 Å². The van der Waals surface area contributed by atoms with Crippen LogP contribution in [0.2, 0.25) is 0 Å². The molecular weight excluding hydrogens is 895 g/mol. The lowest BCUT2D eigenvalue weighted by Gasteiger charge is -2.45. The van der Waals surface area contributed by atoms with Crippen molar-refractivity contribution < 1.29 is 142 Å². The minimum atomic E-state index is -9.85. The van der Waals surface area contributed by atoms with Crippen LogP contribution in [0.4, 0.5) is 110 Å². The zero-order valence-electron chi connectivity index (χ0n) is 26.5. The van der Waals surface area contributed by atoms with Gasteiger partial charge in [-0.2, -0.15) is 114 Å². The number of rotatable bonds is 21. The van der Waals surface area contributed by atoms with Gasteiger partial charge in [-0.05, 0) is 0 Å². The standard InChI is InChI=1S/C22H19F25N2O6S/c1-49(2,8-10(52)53)7-3-5-48(6-4-9(50)51)56(54,55)22(46,47)20(41,42)18(37,38)16(33,34)14(29,30)12(25,26)11(23,24)13(27,28)15(31,32)17(35,36)19(39,40)21(43,44)45/h3-8H2,1-2H3,(H-,50,51,52,53)/p+1. The first-order valence-electron chi connectivity index (χ1n) is 13.4. The van der Waals surface area contributed by atoms with E-state index in [9.17, 15) is 128 Å². The number of quaternary nitrogens is 1. The average Bonchev–Trinajstić information content (AvgIpc) is 2.95. The molecule has 56 heavy (non-hydrogen) atoms. The second-order valence-electron chi connectivity index (χ2n) is 11.9. The monoisotopic (exact) mass is 915 g/mol. The van der Waals surface area contributed by atoms with Gasteiger partial charge in [0.25, 0.3) is 10.0 Å². The molecule has 0 aromatic heterocycles. The summed E-state index contributed by atoms with van der Waals surface area (Å²) >= 11 is 0. The molecule has 0 aliphatic rings. The summed E-state index contributed by atoms with van der Waals surface area (Å²) in [5.74, 6) is -98.7. The minimum Gasteiger partial charge on any atom is -0.481 e. The topological polar surface area (TPSA) is 112 Å². The van der Waals surface area contributed by atoms with Crippen LogP contribution in [0, 0.1) is 0 Å². The summed E-state index contributed by atoms with van der Waals surface area (Å²) in [6.45, 7) is -5.65. The lowest BCUT2D eigenvalue weighted by Crippen LogP contribution is -2.78. The highest BCUT2D eigenvalue weighted by Gasteiger charge is 3.00. The van der Waals surface area contributed by atoms with Crippen molar-refractivity contribution >= 4 is 22.0 Å². The predicted octanol–water partition coefficient (Wildman–Crippen LogP) is 7.15. The number of aliphatic carboxylic acids is 2. The molecule has 8 nitrogen and oxygen atoms in total. The van der Waals surface area contributed by atoms with Crippen molar-refractivity contribution in [2.75, 3.05) is 40.3 Å². The van der Waals surface area contributed by atoms with Crippen LogP contribution in [0.1, 0.15) is 12.8 Å². The summed E-state index contributed by atoms with van der Waals surface area (Å²) in [4.78, 5) is 21.6. The van der Waals surface area contributed by atoms with Gasteiger partial charge < -0.3 is 14.7 Å². The van der Waals surface area contributed by atoms with Crippen LogP contribution in [-0.2, 0) is 19.6 Å². The van der Waals surface area contributed by atoms with Gasteiger partial charge >= 0.3 is 82.6 Å². The van der Waals surface area contributed by atoms with Gasteiger partial charge in [-0.25, -0.2) is 13.2 Å². The van der Waals surface area contributed by atoms with Crippen LogP contribution in [0.25, 0.3) is 0 Å². The van der Waals surface area contributed by atoms with E-state index in [0.29, 0.717) is 0 Å². The molecule has 0 atom stereocenters. The number of hydrogen-bond acceptors (Lipinski definition) is 4. The Kier molecular flexibility index (Phi) is 13.9. The van der Waals surface area contributed by atoms with Crippen molar-refractivity contribution in [1.82, 2.24) is 4.31 Å². The maximum Gasteiger partial charge on any atom is 0.460 e. The maximum absolute atomic E-state index is 14.7. The molecule has 0 aliphatic heterocycles. The molecule has 0 aromatic rings. The fourth-order valence-corrected chi connectivity index (χ4v) is 5.43. The normalized spacial score (nSPS) is 16.1. The highest BCUT2D eigenvalue weighted by Crippen LogP contribution is 2.68. The number of carbonyl (C=O) groups is 2. The van der Waals surface area contributed by atoms with E-state index in [4.69, 9.17) is 10.2 Å². The number of hydrogen-bond donors (Lipinski definition) is 2. The lowest BCUT2D eigenvalue weighted by atomic mass is 9.85. The van der Waals surface area contributed by atoms with E-state index in [1.165, 1.54) is 0 Å². The van der Waals surface area contributed by atoms with Crippen molar-refractivity contribution in [3.63, 3.8) is 0 Å². The average molecular weight is 915 g/mol. The Bertz CT molecular complexity index is 1560. The van der Waals surface area contributed by atoms with Gasteiger partial charge in [-0.15, -0.1) is 0 Å². The van der Waals surface area contributed by atoms with Crippen LogP contribution in [-0.4, -0.2) is 150 Å². The zero-order valence-corrected chi connectivity index (χ0v) is 27.3. The van der Waals surface area contributed by atoms with E-state index in [2.05, 4.69) is 0 Å². The molecular formula is C22H20F25N2O6S+.